The molecule has 0 aliphatic heterocycles. The number of benzene rings is 2. The van der Waals surface area contributed by atoms with Gasteiger partial charge < -0.3 is 19.4 Å². The van der Waals surface area contributed by atoms with Crippen LogP contribution in [0.15, 0.2) is 54.6 Å². The molecule has 3 aromatic rings. The molecule has 0 aliphatic carbocycles. The van der Waals surface area contributed by atoms with E-state index in [4.69, 9.17) is 4.74 Å². The van der Waals surface area contributed by atoms with E-state index in [1.165, 1.54) is 19.2 Å². The lowest BCUT2D eigenvalue weighted by Crippen LogP contribution is -2.20. The highest BCUT2D eigenvalue weighted by atomic mass is 19.3. The highest BCUT2D eigenvalue weighted by molar-refractivity contribution is 5.99. The number of halogens is 2. The summed E-state index contributed by atoms with van der Waals surface area (Å²) in [4.78, 5) is 24.8. The van der Waals surface area contributed by atoms with Crippen LogP contribution in [0.5, 0.6) is 11.5 Å². The zero-order valence-corrected chi connectivity index (χ0v) is 17.3. The molecular formula is C23H22F2N2O4. The van der Waals surface area contributed by atoms with Crippen LogP contribution in [0.25, 0.3) is 5.69 Å². The number of hydrogen-bond donors (Lipinski definition) is 1. The fraction of sp³-hybridized carbons (Fsp3) is 0.217. The van der Waals surface area contributed by atoms with Gasteiger partial charge in [0.25, 0.3) is 5.91 Å². The highest BCUT2D eigenvalue weighted by Crippen LogP contribution is 2.24. The Morgan fingerprint density at radius 2 is 1.71 bits per heavy atom. The number of ether oxygens (including phenoxy) is 2. The summed E-state index contributed by atoms with van der Waals surface area (Å²) in [7, 11) is 1.52. The third kappa shape index (κ3) is 4.91. The number of alkyl halides is 2. The second kappa shape index (κ2) is 9.42. The molecule has 0 unspecified atom stereocenters. The predicted octanol–water partition coefficient (Wildman–Crippen LogP) is 4.32. The quantitative estimate of drug-likeness (QED) is 0.543. The number of ketones is 1. The molecule has 8 heteroatoms. The maximum Gasteiger partial charge on any atom is 0.387 e. The number of carbonyl (C=O) groups excluding carboxylic acids is 2. The largest absolute Gasteiger partial charge is 0.485 e. The van der Waals surface area contributed by atoms with Crippen LogP contribution >= 0.6 is 0 Å². The highest BCUT2D eigenvalue weighted by Gasteiger charge is 2.19. The Labute approximate surface area is 178 Å². The number of nitrogens with zero attached hydrogens (tertiary/aromatic N) is 1. The van der Waals surface area contributed by atoms with Crippen LogP contribution in [0.3, 0.4) is 0 Å². The van der Waals surface area contributed by atoms with Crippen LogP contribution in [0.1, 0.15) is 32.1 Å². The second-order valence-corrected chi connectivity index (χ2v) is 6.78. The molecule has 0 saturated heterocycles. The van der Waals surface area contributed by atoms with Gasteiger partial charge in [-0.1, -0.05) is 12.1 Å². The smallest absolute Gasteiger partial charge is 0.387 e. The summed E-state index contributed by atoms with van der Waals surface area (Å²) in [6, 6.07) is 14.6. The Morgan fingerprint density at radius 1 is 1.03 bits per heavy atom. The van der Waals surface area contributed by atoms with Gasteiger partial charge in [0.05, 0.1) is 5.56 Å². The van der Waals surface area contributed by atoms with Gasteiger partial charge in [0.2, 0.25) is 5.78 Å². The lowest BCUT2D eigenvalue weighted by atomic mass is 10.1. The summed E-state index contributed by atoms with van der Waals surface area (Å²) in [5, 5.41) is 2.54. The normalized spacial score (nSPS) is 10.8. The van der Waals surface area contributed by atoms with Crippen molar-refractivity contribution in [2.75, 3.05) is 13.7 Å². The van der Waals surface area contributed by atoms with Gasteiger partial charge in [-0.3, -0.25) is 9.59 Å². The molecular weight excluding hydrogens is 406 g/mol. The van der Waals surface area contributed by atoms with Gasteiger partial charge in [-0.25, -0.2) is 0 Å². The number of Topliss-reactive ketones (excluding diaryl/α,β-unsaturated/α-hetero) is 1. The minimum atomic E-state index is -2.89. The van der Waals surface area contributed by atoms with Gasteiger partial charge in [-0.2, -0.15) is 8.78 Å². The predicted molar refractivity (Wildman–Crippen MR) is 112 cm³/mol. The number of amides is 1. The van der Waals surface area contributed by atoms with E-state index >= 15 is 0 Å². The van der Waals surface area contributed by atoms with E-state index in [1.54, 1.807) is 49.4 Å². The average molecular weight is 428 g/mol. The van der Waals surface area contributed by atoms with E-state index in [9.17, 15) is 18.4 Å². The molecule has 3 rings (SSSR count). The summed E-state index contributed by atoms with van der Waals surface area (Å²) in [5.74, 6) is -0.177. The minimum Gasteiger partial charge on any atom is -0.485 e. The van der Waals surface area contributed by atoms with Crippen molar-refractivity contribution in [1.82, 2.24) is 9.88 Å². The molecule has 0 radical (unpaired) electrons. The SMILES string of the molecule is CNC(=O)c1ccccc1OCC(=O)c1cc(C)n(-c2ccc(OC(F)F)cc2)c1C. The Balaban J connectivity index is 1.79. The number of nitrogens with one attached hydrogen (secondary N) is 1. The molecule has 0 spiro atoms. The fourth-order valence-corrected chi connectivity index (χ4v) is 3.35. The second-order valence-electron chi connectivity index (χ2n) is 6.78. The Hall–Kier alpha value is -3.68. The van der Waals surface area contributed by atoms with E-state index in [2.05, 4.69) is 10.1 Å². The van der Waals surface area contributed by atoms with E-state index in [0.717, 1.165) is 5.69 Å². The van der Waals surface area contributed by atoms with E-state index in [-0.39, 0.29) is 24.0 Å². The van der Waals surface area contributed by atoms with E-state index < -0.39 is 6.61 Å². The first-order chi connectivity index (χ1) is 14.8. The molecule has 31 heavy (non-hydrogen) atoms. The van der Waals surface area contributed by atoms with Crippen LogP contribution in [-0.4, -0.2) is 36.5 Å². The van der Waals surface area contributed by atoms with Gasteiger partial charge in [0.1, 0.15) is 11.5 Å². The van der Waals surface area contributed by atoms with Crippen LogP contribution in [-0.2, 0) is 0 Å². The molecule has 6 nitrogen and oxygen atoms in total. The molecule has 1 aromatic heterocycles. The molecule has 162 valence electrons. The van der Waals surface area contributed by atoms with Crippen molar-refractivity contribution in [3.8, 4) is 17.2 Å². The van der Waals surface area contributed by atoms with Gasteiger partial charge in [0, 0.05) is 29.7 Å². The first kappa shape index (κ1) is 22.0. The van der Waals surface area contributed by atoms with Crippen molar-refractivity contribution in [3.05, 3.63) is 77.1 Å². The van der Waals surface area contributed by atoms with Gasteiger partial charge >= 0.3 is 6.61 Å². The summed E-state index contributed by atoms with van der Waals surface area (Å²) >= 11 is 0. The molecule has 1 heterocycles. The van der Waals surface area contributed by atoms with Crippen LogP contribution in [0.2, 0.25) is 0 Å². The standard InChI is InChI=1S/C23H22F2N2O4/c1-14-12-19(15(2)27(14)16-8-10-17(11-9-16)31-23(24)25)20(28)13-30-21-7-5-4-6-18(21)22(29)26-3/h4-12,23H,13H2,1-3H3,(H,26,29). The Bertz CT molecular complexity index is 1090. The molecule has 2 aromatic carbocycles. The number of para-hydroxylation sites is 1. The first-order valence-corrected chi connectivity index (χ1v) is 9.53. The van der Waals surface area contributed by atoms with Crippen molar-refractivity contribution in [2.45, 2.75) is 20.5 Å². The molecule has 1 N–H and O–H groups in total. The third-order valence-corrected chi connectivity index (χ3v) is 4.77. The molecule has 1 amide bonds. The van der Waals surface area contributed by atoms with Crippen molar-refractivity contribution in [2.24, 2.45) is 0 Å². The summed E-state index contributed by atoms with van der Waals surface area (Å²) in [6.07, 6.45) is 0. The van der Waals surface area contributed by atoms with E-state index in [1.807, 2.05) is 11.5 Å². The first-order valence-electron chi connectivity index (χ1n) is 9.53. The zero-order valence-electron chi connectivity index (χ0n) is 17.3. The average Bonchev–Trinajstić information content (AvgIpc) is 3.06. The molecule has 0 aliphatic rings. The van der Waals surface area contributed by atoms with Crippen molar-refractivity contribution < 1.29 is 27.8 Å². The molecule has 0 saturated carbocycles. The monoisotopic (exact) mass is 428 g/mol. The minimum absolute atomic E-state index is 0.0562. The summed E-state index contributed by atoms with van der Waals surface area (Å²) in [6.45, 7) is 0.510. The van der Waals surface area contributed by atoms with Crippen LogP contribution in [0, 0.1) is 13.8 Å². The van der Waals surface area contributed by atoms with Crippen molar-refractivity contribution >= 4 is 11.7 Å². The summed E-state index contributed by atoms with van der Waals surface area (Å²) in [5.41, 5.74) is 3.01. The number of hydrogen-bond acceptors (Lipinski definition) is 4. The molecule has 0 atom stereocenters. The Morgan fingerprint density at radius 3 is 2.35 bits per heavy atom. The summed E-state index contributed by atoms with van der Waals surface area (Å²) < 4.78 is 36.6. The van der Waals surface area contributed by atoms with Crippen molar-refractivity contribution in [1.29, 1.82) is 0 Å². The Kier molecular flexibility index (Phi) is 6.69. The lowest BCUT2D eigenvalue weighted by Gasteiger charge is -2.12. The van der Waals surface area contributed by atoms with Crippen LogP contribution in [0.4, 0.5) is 8.78 Å². The maximum absolute atomic E-state index is 12.8. The number of rotatable bonds is 8. The molecule has 0 fully saturated rings. The number of carbonyl (C=O) groups is 2. The topological polar surface area (TPSA) is 69.6 Å². The van der Waals surface area contributed by atoms with Gasteiger partial charge in [-0.05, 0) is 56.3 Å². The molecule has 0 bridgehead atoms. The van der Waals surface area contributed by atoms with Gasteiger partial charge in [0.15, 0.2) is 6.61 Å². The van der Waals surface area contributed by atoms with Crippen molar-refractivity contribution in [3.63, 3.8) is 0 Å². The zero-order chi connectivity index (χ0) is 22.5. The van der Waals surface area contributed by atoms with E-state index in [0.29, 0.717) is 28.3 Å². The third-order valence-electron chi connectivity index (χ3n) is 4.77. The fourth-order valence-electron chi connectivity index (χ4n) is 3.35. The number of aryl methyl sites for hydroxylation is 1. The van der Waals surface area contributed by atoms with Gasteiger partial charge in [-0.15, -0.1) is 0 Å². The number of aromatic nitrogens is 1. The lowest BCUT2D eigenvalue weighted by molar-refractivity contribution is -0.0498. The van der Waals surface area contributed by atoms with Crippen LogP contribution < -0.4 is 14.8 Å². The maximum atomic E-state index is 12.8.